The molecule has 14 nitrogen and oxygen atoms in total. The number of nitrogens with zero attached hydrogens (tertiary/aromatic N) is 4. The Morgan fingerprint density at radius 1 is 0.547 bits per heavy atom. The van der Waals surface area contributed by atoms with E-state index >= 15 is 0 Å². The molecule has 16 heteroatoms. The van der Waals surface area contributed by atoms with Crippen LogP contribution in [-0.4, -0.2) is 94.1 Å². The SMILES string of the molecule is CCCN(Cc1nc2ccc(-c3ccc(-c4ccc5nc(CN(CCC)C(=O)CNC(=O)OC)[nH]c5c4)cc3)cc2[nH]1)C(=O)CNC(=O)OC.Fc1ccccc1.Fc1ccccc1. The van der Waals surface area contributed by atoms with Gasteiger partial charge in [0.1, 0.15) is 36.4 Å². The zero-order valence-corrected chi connectivity index (χ0v) is 36.2. The number of H-pyrrole nitrogens is 2. The van der Waals surface area contributed by atoms with Gasteiger partial charge in [0.05, 0.1) is 49.4 Å². The van der Waals surface area contributed by atoms with Gasteiger partial charge >= 0.3 is 12.2 Å². The summed E-state index contributed by atoms with van der Waals surface area (Å²) in [7, 11) is 2.51. The molecule has 7 rings (SSSR count). The van der Waals surface area contributed by atoms with Gasteiger partial charge in [0.15, 0.2) is 0 Å². The molecule has 0 radical (unpaired) electrons. The molecule has 0 fully saturated rings. The van der Waals surface area contributed by atoms with E-state index in [-0.39, 0.29) is 36.5 Å². The fourth-order valence-electron chi connectivity index (χ4n) is 6.47. The van der Waals surface area contributed by atoms with Crippen molar-refractivity contribution in [1.29, 1.82) is 0 Å². The van der Waals surface area contributed by atoms with Crippen molar-refractivity contribution in [3.8, 4) is 22.3 Å². The molecule has 4 N–H and O–H groups in total. The zero-order valence-electron chi connectivity index (χ0n) is 36.2. The van der Waals surface area contributed by atoms with Crippen molar-refractivity contribution >= 4 is 46.1 Å². The first-order valence-corrected chi connectivity index (χ1v) is 20.7. The monoisotopic (exact) mass is 874 g/mol. The summed E-state index contributed by atoms with van der Waals surface area (Å²) < 4.78 is 32.9. The van der Waals surface area contributed by atoms with E-state index < -0.39 is 12.2 Å². The minimum Gasteiger partial charge on any atom is -0.453 e. The van der Waals surface area contributed by atoms with Crippen LogP contribution in [0, 0.1) is 11.6 Å². The maximum atomic E-state index is 12.7. The number of halogens is 2. The van der Waals surface area contributed by atoms with Gasteiger partial charge in [-0.25, -0.2) is 28.3 Å². The molecule has 0 aliphatic carbocycles. The molecule has 0 bridgehead atoms. The lowest BCUT2D eigenvalue weighted by Crippen LogP contribution is -2.40. The molecule has 2 aromatic heterocycles. The number of methoxy groups -OCH3 is 2. The number of imidazole rings is 2. The number of carbonyl (C=O) groups excluding carboxylic acids is 4. The van der Waals surface area contributed by atoms with Crippen LogP contribution in [0.5, 0.6) is 0 Å². The van der Waals surface area contributed by atoms with Crippen LogP contribution in [0.4, 0.5) is 18.4 Å². The van der Waals surface area contributed by atoms with Crippen LogP contribution in [0.3, 0.4) is 0 Å². The van der Waals surface area contributed by atoms with Crippen LogP contribution < -0.4 is 10.6 Å². The fourth-order valence-corrected chi connectivity index (χ4v) is 6.47. The number of benzene rings is 5. The minimum absolute atomic E-state index is 0.150. The van der Waals surface area contributed by atoms with Crippen molar-refractivity contribution < 1.29 is 37.4 Å². The molecule has 0 spiro atoms. The number of aromatic amines is 2. The Morgan fingerprint density at radius 2 is 0.906 bits per heavy atom. The van der Waals surface area contributed by atoms with E-state index in [2.05, 4.69) is 64.3 Å². The molecule has 64 heavy (non-hydrogen) atoms. The molecule has 0 saturated carbocycles. The third kappa shape index (κ3) is 14.2. The Labute approximate surface area is 370 Å². The molecule has 4 amide bonds. The molecule has 0 unspecified atom stereocenters. The van der Waals surface area contributed by atoms with Crippen molar-refractivity contribution in [3.05, 3.63) is 145 Å². The molecular formula is C48H52F2N8O6. The summed E-state index contributed by atoms with van der Waals surface area (Å²) in [6.45, 7) is 5.31. The van der Waals surface area contributed by atoms with Gasteiger partial charge in [0.25, 0.3) is 0 Å². The number of aromatic nitrogens is 4. The minimum atomic E-state index is -0.651. The smallest absolute Gasteiger partial charge is 0.407 e. The molecule has 2 heterocycles. The highest BCUT2D eigenvalue weighted by atomic mass is 19.1. The van der Waals surface area contributed by atoms with Crippen LogP contribution >= 0.6 is 0 Å². The van der Waals surface area contributed by atoms with Crippen LogP contribution in [0.1, 0.15) is 38.3 Å². The summed E-state index contributed by atoms with van der Waals surface area (Å²) in [5.41, 5.74) is 7.42. The second-order valence-electron chi connectivity index (χ2n) is 14.3. The van der Waals surface area contributed by atoms with Gasteiger partial charge in [-0.15, -0.1) is 0 Å². The Bertz CT molecular complexity index is 2410. The second-order valence-corrected chi connectivity index (χ2v) is 14.3. The average Bonchev–Trinajstić information content (AvgIpc) is 3.92. The highest BCUT2D eigenvalue weighted by Gasteiger charge is 2.18. The van der Waals surface area contributed by atoms with Crippen LogP contribution in [0.2, 0.25) is 0 Å². The third-order valence-electron chi connectivity index (χ3n) is 9.59. The van der Waals surface area contributed by atoms with Crippen molar-refractivity contribution in [2.45, 2.75) is 39.8 Å². The van der Waals surface area contributed by atoms with E-state index in [1.807, 2.05) is 50.2 Å². The largest absolute Gasteiger partial charge is 0.453 e. The number of hydrogen-bond donors (Lipinski definition) is 4. The highest BCUT2D eigenvalue weighted by Crippen LogP contribution is 2.29. The number of ether oxygens (including phenoxy) is 2. The highest BCUT2D eigenvalue weighted by molar-refractivity contribution is 5.86. The Hall–Kier alpha value is -7.62. The normalized spacial score (nSPS) is 10.5. The average molecular weight is 875 g/mol. The number of amides is 4. The van der Waals surface area contributed by atoms with Crippen LogP contribution in [0.25, 0.3) is 44.3 Å². The summed E-state index contributed by atoms with van der Waals surface area (Å²) >= 11 is 0. The first-order chi connectivity index (χ1) is 31.0. The Morgan fingerprint density at radius 3 is 1.22 bits per heavy atom. The van der Waals surface area contributed by atoms with Crippen LogP contribution in [0.15, 0.2) is 121 Å². The lowest BCUT2D eigenvalue weighted by molar-refractivity contribution is -0.131. The van der Waals surface area contributed by atoms with Crippen molar-refractivity contribution in [3.63, 3.8) is 0 Å². The molecule has 0 aliphatic rings. The summed E-state index contributed by atoms with van der Waals surface area (Å²) in [5, 5.41) is 4.88. The topological polar surface area (TPSA) is 175 Å². The van der Waals surface area contributed by atoms with Gasteiger partial charge in [-0.2, -0.15) is 0 Å². The maximum absolute atomic E-state index is 12.7. The van der Waals surface area contributed by atoms with E-state index in [0.29, 0.717) is 37.8 Å². The first-order valence-electron chi connectivity index (χ1n) is 20.7. The van der Waals surface area contributed by atoms with Gasteiger partial charge in [0.2, 0.25) is 11.8 Å². The summed E-state index contributed by atoms with van der Waals surface area (Å²) in [4.78, 5) is 67.6. The number of nitrogens with one attached hydrogen (secondary N) is 4. The third-order valence-corrected chi connectivity index (χ3v) is 9.59. The molecular weight excluding hydrogens is 823 g/mol. The second kappa shape index (κ2) is 24.1. The lowest BCUT2D eigenvalue weighted by Gasteiger charge is -2.21. The molecule has 7 aromatic rings. The molecule has 0 aliphatic heterocycles. The number of fused-ring (bicyclic) bond motifs is 2. The van der Waals surface area contributed by atoms with E-state index in [0.717, 1.165) is 57.2 Å². The molecule has 0 saturated heterocycles. The predicted octanol–water partition coefficient (Wildman–Crippen LogP) is 8.61. The number of rotatable bonds is 14. The Kier molecular flexibility index (Phi) is 17.9. The number of hydrogen-bond acceptors (Lipinski definition) is 8. The van der Waals surface area contributed by atoms with Gasteiger partial charge in [-0.1, -0.05) is 86.6 Å². The molecule has 0 atom stereocenters. The van der Waals surface area contributed by atoms with E-state index in [1.54, 1.807) is 46.2 Å². The summed E-state index contributed by atoms with van der Waals surface area (Å²) in [5.74, 6) is 0.519. The van der Waals surface area contributed by atoms with E-state index in [9.17, 15) is 28.0 Å². The Balaban J connectivity index is 0.000000465. The number of carbonyl (C=O) groups is 4. The quantitative estimate of drug-likeness (QED) is 0.0841. The first kappa shape index (κ1) is 47.4. The van der Waals surface area contributed by atoms with Gasteiger partial charge in [0, 0.05) is 13.1 Å². The molecule has 334 valence electrons. The van der Waals surface area contributed by atoms with E-state index in [1.165, 1.54) is 38.5 Å². The van der Waals surface area contributed by atoms with Crippen LogP contribution in [-0.2, 0) is 32.2 Å². The fraction of sp³-hybridized carbons (Fsp3) is 0.250. The van der Waals surface area contributed by atoms with Crippen molar-refractivity contribution in [2.24, 2.45) is 0 Å². The lowest BCUT2D eigenvalue weighted by atomic mass is 10.00. The van der Waals surface area contributed by atoms with Crippen molar-refractivity contribution in [1.82, 2.24) is 40.4 Å². The summed E-state index contributed by atoms with van der Waals surface area (Å²) in [6, 6.07) is 36.2. The number of alkyl carbamates (subject to hydrolysis) is 2. The summed E-state index contributed by atoms with van der Waals surface area (Å²) in [6.07, 6.45) is 0.225. The van der Waals surface area contributed by atoms with Gasteiger partial charge in [-0.3, -0.25) is 9.59 Å². The molecule has 5 aromatic carbocycles. The van der Waals surface area contributed by atoms with Gasteiger partial charge in [-0.05, 0) is 83.6 Å². The predicted molar refractivity (Wildman–Crippen MR) is 242 cm³/mol. The standard InChI is InChI=1S/C36H42N8O6.2C6H5F/c1-5-15-43(33(45)19-37-35(47)49-3)21-31-39-27-13-11-25(17-29(27)41-31)23-7-9-24(10-8-23)26-12-14-28-30(18-26)42-32(40-28)22-44(16-6-2)34(46)20-38-36(48)50-4;2*7-6-4-2-1-3-5-6/h7-14,17-18H,5-6,15-16,19-22H2,1-4H3,(H,37,47)(H,38,48)(H,39,41)(H,40,42);2*1-5H. The van der Waals surface area contributed by atoms with E-state index in [4.69, 9.17) is 0 Å². The zero-order chi connectivity index (χ0) is 45.8. The van der Waals surface area contributed by atoms with Crippen molar-refractivity contribution in [2.75, 3.05) is 40.4 Å². The van der Waals surface area contributed by atoms with Gasteiger partial charge < -0.3 is 39.9 Å². The maximum Gasteiger partial charge on any atom is 0.407 e.